The molecule has 0 saturated heterocycles. The van der Waals surface area contributed by atoms with Gasteiger partial charge in [-0.25, -0.2) is 12.8 Å². The Kier molecular flexibility index (Phi) is 4.33. The minimum atomic E-state index is -3.46. The van der Waals surface area contributed by atoms with Gasteiger partial charge < -0.3 is 4.74 Å². The second-order valence-corrected chi connectivity index (χ2v) is 11.4. The third kappa shape index (κ3) is 2.65. The van der Waals surface area contributed by atoms with Crippen LogP contribution >= 0.6 is 0 Å². The molecule has 0 aliphatic heterocycles. The number of carbonyl (C=O) groups is 2. The predicted molar refractivity (Wildman–Crippen MR) is 106 cm³/mol. The first kappa shape index (κ1) is 20.5. The smallest absolute Gasteiger partial charge is 0.303 e. The highest BCUT2D eigenvalue weighted by Gasteiger charge is 2.71. The standard InChI is InChI=1S/C22H27FO5S/c1-13(24)28-18-12-20(2)16(7-8-19(20)29(4,26)27)17-6-5-14-11-15(25)9-10-21(14,3)22(17,18)23/h8-11,16-18H,5-7,12H2,1-4H3/t16-,17-,18-,20-,21-,22-/m0/s1. The summed E-state index contributed by atoms with van der Waals surface area (Å²) in [4.78, 5) is 24.2. The van der Waals surface area contributed by atoms with Crippen LogP contribution in [0.4, 0.5) is 4.39 Å². The first-order valence-corrected chi connectivity index (χ1v) is 11.9. The van der Waals surface area contributed by atoms with Crippen LogP contribution in [-0.2, 0) is 24.2 Å². The van der Waals surface area contributed by atoms with Gasteiger partial charge in [0.25, 0.3) is 0 Å². The average molecular weight is 423 g/mol. The highest BCUT2D eigenvalue weighted by molar-refractivity contribution is 7.94. The molecule has 4 aliphatic rings. The van der Waals surface area contributed by atoms with Crippen molar-refractivity contribution < 1.29 is 27.1 Å². The lowest BCUT2D eigenvalue weighted by atomic mass is 9.46. The van der Waals surface area contributed by atoms with Crippen molar-refractivity contribution in [2.45, 2.75) is 58.2 Å². The fourth-order valence-corrected chi connectivity index (χ4v) is 8.09. The lowest BCUT2D eigenvalue weighted by Crippen LogP contribution is -2.67. The molecule has 0 unspecified atom stereocenters. The molecule has 0 radical (unpaired) electrons. The number of hydrogen-bond donors (Lipinski definition) is 0. The van der Waals surface area contributed by atoms with E-state index in [1.165, 1.54) is 25.3 Å². The van der Waals surface area contributed by atoms with E-state index in [1.54, 1.807) is 19.1 Å². The molecule has 0 aromatic heterocycles. The highest BCUT2D eigenvalue weighted by Crippen LogP contribution is 2.68. The zero-order chi connectivity index (χ0) is 21.4. The molecule has 2 saturated carbocycles. The Morgan fingerprint density at radius 3 is 2.59 bits per heavy atom. The van der Waals surface area contributed by atoms with E-state index in [9.17, 15) is 18.0 Å². The Balaban J connectivity index is 1.88. The number of halogens is 1. The van der Waals surface area contributed by atoms with Crippen molar-refractivity contribution in [1.29, 1.82) is 0 Å². The van der Waals surface area contributed by atoms with E-state index in [0.717, 1.165) is 5.57 Å². The average Bonchev–Trinajstić information content (AvgIpc) is 2.93. The van der Waals surface area contributed by atoms with Gasteiger partial charge in [-0.2, -0.15) is 0 Å². The monoisotopic (exact) mass is 422 g/mol. The van der Waals surface area contributed by atoms with Crippen molar-refractivity contribution in [3.05, 3.63) is 34.8 Å². The Labute approximate surface area is 171 Å². The summed E-state index contributed by atoms with van der Waals surface area (Å²) < 4.78 is 47.7. The summed E-state index contributed by atoms with van der Waals surface area (Å²) >= 11 is 0. The van der Waals surface area contributed by atoms with E-state index in [2.05, 4.69) is 0 Å². The van der Waals surface area contributed by atoms with Crippen molar-refractivity contribution >= 4 is 21.6 Å². The van der Waals surface area contributed by atoms with Crippen LogP contribution in [0.5, 0.6) is 0 Å². The highest BCUT2D eigenvalue weighted by atomic mass is 32.2. The lowest BCUT2D eigenvalue weighted by Gasteiger charge is -2.62. The number of hydrogen-bond acceptors (Lipinski definition) is 5. The second kappa shape index (κ2) is 6.13. The molecule has 0 aromatic carbocycles. The number of ether oxygens (including phenoxy) is 1. The first-order valence-electron chi connectivity index (χ1n) is 10.0. The molecular formula is C22H27FO5S. The van der Waals surface area contributed by atoms with Gasteiger partial charge in [0, 0.05) is 34.8 Å². The molecule has 4 rings (SSSR count). The number of allylic oxidation sites excluding steroid dienone is 6. The summed E-state index contributed by atoms with van der Waals surface area (Å²) in [6, 6.07) is 0. The van der Waals surface area contributed by atoms with Gasteiger partial charge in [-0.05, 0) is 50.7 Å². The molecule has 158 valence electrons. The molecule has 5 nitrogen and oxygen atoms in total. The van der Waals surface area contributed by atoms with Crippen molar-refractivity contribution in [2.24, 2.45) is 22.7 Å². The van der Waals surface area contributed by atoms with E-state index < -0.39 is 44.3 Å². The Morgan fingerprint density at radius 2 is 1.97 bits per heavy atom. The maximum atomic E-state index is 17.3. The summed E-state index contributed by atoms with van der Waals surface area (Å²) in [5.74, 6) is -1.44. The van der Waals surface area contributed by atoms with Gasteiger partial charge in [0.2, 0.25) is 0 Å². The second-order valence-electron chi connectivity index (χ2n) is 9.42. The molecule has 0 amide bonds. The molecule has 0 bridgehead atoms. The van der Waals surface area contributed by atoms with E-state index in [1.807, 2.05) is 6.92 Å². The number of rotatable bonds is 2. The van der Waals surface area contributed by atoms with Crippen LogP contribution in [-0.4, -0.2) is 38.2 Å². The minimum Gasteiger partial charge on any atom is -0.459 e. The number of carbonyl (C=O) groups excluding carboxylic acids is 2. The maximum Gasteiger partial charge on any atom is 0.303 e. The molecular weight excluding hydrogens is 395 g/mol. The van der Waals surface area contributed by atoms with Gasteiger partial charge in [0.05, 0.1) is 0 Å². The normalized spacial score (nSPS) is 43.6. The van der Waals surface area contributed by atoms with Crippen LogP contribution in [0.15, 0.2) is 34.8 Å². The van der Waals surface area contributed by atoms with Crippen molar-refractivity contribution in [3.63, 3.8) is 0 Å². The molecule has 4 aliphatic carbocycles. The summed E-state index contributed by atoms with van der Waals surface area (Å²) in [6.07, 6.45) is 7.97. The molecule has 0 spiro atoms. The van der Waals surface area contributed by atoms with Gasteiger partial charge in [-0.15, -0.1) is 0 Å². The topological polar surface area (TPSA) is 77.5 Å². The van der Waals surface area contributed by atoms with E-state index in [-0.39, 0.29) is 18.1 Å². The van der Waals surface area contributed by atoms with Crippen molar-refractivity contribution in [3.8, 4) is 0 Å². The van der Waals surface area contributed by atoms with Crippen LogP contribution in [0.2, 0.25) is 0 Å². The molecule has 2 fully saturated rings. The summed E-state index contributed by atoms with van der Waals surface area (Å²) in [5, 5.41) is 0. The van der Waals surface area contributed by atoms with Gasteiger partial charge in [0.15, 0.2) is 21.3 Å². The van der Waals surface area contributed by atoms with Gasteiger partial charge in [-0.3, -0.25) is 9.59 Å². The van der Waals surface area contributed by atoms with Gasteiger partial charge in [0.1, 0.15) is 6.10 Å². The molecule has 0 aromatic rings. The molecule has 29 heavy (non-hydrogen) atoms. The van der Waals surface area contributed by atoms with Crippen molar-refractivity contribution in [2.75, 3.05) is 6.26 Å². The number of ketones is 1. The SMILES string of the molecule is CC(=O)O[C@H]1C[C@]2(C)C(S(C)(=O)=O)=CC[C@H]2[C@@H]2CCC3=CC(=O)C=C[C@]3(C)[C@@]12F. The van der Waals surface area contributed by atoms with Gasteiger partial charge in [-0.1, -0.05) is 24.6 Å². The third-order valence-corrected chi connectivity index (χ3v) is 9.27. The Morgan fingerprint density at radius 1 is 1.28 bits per heavy atom. The number of fused-ring (bicyclic) bond motifs is 5. The van der Waals surface area contributed by atoms with Crippen LogP contribution in [0.3, 0.4) is 0 Å². The number of sulfone groups is 1. The Hall–Kier alpha value is -1.76. The minimum absolute atomic E-state index is 0.105. The Bertz CT molecular complexity index is 993. The fraction of sp³-hybridized carbons (Fsp3) is 0.636. The maximum absolute atomic E-state index is 17.3. The van der Waals surface area contributed by atoms with Crippen LogP contribution < -0.4 is 0 Å². The fourth-order valence-electron chi connectivity index (χ4n) is 6.61. The van der Waals surface area contributed by atoms with Crippen LogP contribution in [0, 0.1) is 22.7 Å². The van der Waals surface area contributed by atoms with E-state index >= 15 is 4.39 Å². The van der Waals surface area contributed by atoms with E-state index in [4.69, 9.17) is 4.74 Å². The molecule has 0 heterocycles. The van der Waals surface area contributed by atoms with Gasteiger partial charge >= 0.3 is 5.97 Å². The summed E-state index contributed by atoms with van der Waals surface area (Å²) in [7, 11) is -3.46. The largest absolute Gasteiger partial charge is 0.459 e. The summed E-state index contributed by atoms with van der Waals surface area (Å²) in [5.41, 5.74) is -3.04. The third-order valence-electron chi connectivity index (χ3n) is 7.83. The predicted octanol–water partition coefficient (Wildman–Crippen LogP) is 3.47. The van der Waals surface area contributed by atoms with E-state index in [0.29, 0.717) is 24.2 Å². The molecule has 0 N–H and O–H groups in total. The first-order chi connectivity index (χ1) is 13.3. The van der Waals surface area contributed by atoms with Crippen LogP contribution in [0.25, 0.3) is 0 Å². The quantitative estimate of drug-likeness (QED) is 0.637. The van der Waals surface area contributed by atoms with Crippen LogP contribution in [0.1, 0.15) is 46.5 Å². The lowest BCUT2D eigenvalue weighted by molar-refractivity contribution is -0.205. The zero-order valence-corrected chi connectivity index (χ0v) is 18.0. The number of alkyl halides is 1. The number of esters is 1. The molecule has 6 atom stereocenters. The summed E-state index contributed by atoms with van der Waals surface area (Å²) in [6.45, 7) is 4.88. The van der Waals surface area contributed by atoms with Crippen molar-refractivity contribution in [1.82, 2.24) is 0 Å². The zero-order valence-electron chi connectivity index (χ0n) is 17.2. The molecule has 7 heteroatoms.